The van der Waals surface area contributed by atoms with Gasteiger partial charge in [0.2, 0.25) is 0 Å². The first-order valence-corrected chi connectivity index (χ1v) is 6.60. The molecule has 2 rings (SSSR count). The van der Waals surface area contributed by atoms with Crippen LogP contribution in [0.4, 0.5) is 4.39 Å². The Labute approximate surface area is 114 Å². The van der Waals surface area contributed by atoms with Gasteiger partial charge in [0.25, 0.3) is 0 Å². The lowest BCUT2D eigenvalue weighted by Crippen LogP contribution is -2.04. The Bertz CT molecular complexity index is 536. The Morgan fingerprint density at radius 1 is 1.39 bits per heavy atom. The molecule has 0 aliphatic carbocycles. The highest BCUT2D eigenvalue weighted by Crippen LogP contribution is 2.28. The van der Waals surface area contributed by atoms with Crippen molar-refractivity contribution in [2.45, 2.75) is 25.9 Å². The molecule has 0 fully saturated rings. The molecule has 1 aromatic heterocycles. The zero-order chi connectivity index (χ0) is 13.1. The van der Waals surface area contributed by atoms with Gasteiger partial charge >= 0.3 is 0 Å². The van der Waals surface area contributed by atoms with Crippen LogP contribution in [0.2, 0.25) is 0 Å². The molecule has 0 bridgehead atoms. The summed E-state index contributed by atoms with van der Waals surface area (Å²) < 4.78 is 19.1. The van der Waals surface area contributed by atoms with Crippen molar-refractivity contribution in [1.29, 1.82) is 0 Å². The Kier molecular flexibility index (Phi) is 4.19. The first-order valence-electron chi connectivity index (χ1n) is 5.80. The second-order valence-corrected chi connectivity index (χ2v) is 4.88. The summed E-state index contributed by atoms with van der Waals surface area (Å²) in [7, 11) is 0. The largest absolute Gasteiger partial charge is 0.469 e. The lowest BCUT2D eigenvalue weighted by molar-refractivity contribution is 0.175. The van der Waals surface area contributed by atoms with Crippen molar-refractivity contribution in [3.05, 3.63) is 57.7 Å². The number of furan rings is 1. The molecular formula is C14H14BrFO2. The molecule has 0 saturated heterocycles. The predicted molar refractivity (Wildman–Crippen MR) is 70.8 cm³/mol. The molecule has 1 aromatic carbocycles. The maximum absolute atomic E-state index is 13.4. The van der Waals surface area contributed by atoms with Gasteiger partial charge in [0.1, 0.15) is 11.6 Å². The summed E-state index contributed by atoms with van der Waals surface area (Å²) >= 11 is 3.20. The standard InChI is InChI=1S/C14H14BrFO2/c1-2-13-10(6-7-18-13)12(17)8-9-4-3-5-11(16)14(9)15/h3-7,12,17H,2,8H2,1H3. The first kappa shape index (κ1) is 13.3. The number of aryl methyl sites for hydroxylation is 1. The molecule has 1 atom stereocenters. The van der Waals surface area contributed by atoms with Gasteiger partial charge in [-0.25, -0.2) is 4.39 Å². The fourth-order valence-corrected chi connectivity index (χ4v) is 2.39. The minimum atomic E-state index is -0.684. The Morgan fingerprint density at radius 3 is 2.89 bits per heavy atom. The van der Waals surface area contributed by atoms with Crippen LogP contribution in [0.3, 0.4) is 0 Å². The van der Waals surface area contributed by atoms with E-state index in [1.54, 1.807) is 24.5 Å². The third kappa shape index (κ3) is 2.65. The number of halogens is 2. The molecule has 0 saturated carbocycles. The van der Waals surface area contributed by atoms with E-state index in [-0.39, 0.29) is 5.82 Å². The van der Waals surface area contributed by atoms with Crippen molar-refractivity contribution >= 4 is 15.9 Å². The number of aliphatic hydroxyl groups is 1. The number of aliphatic hydroxyl groups excluding tert-OH is 1. The quantitative estimate of drug-likeness (QED) is 0.925. The molecule has 2 nitrogen and oxygen atoms in total. The van der Waals surface area contributed by atoms with Gasteiger partial charge in [-0.2, -0.15) is 0 Å². The number of benzene rings is 1. The van der Waals surface area contributed by atoms with Crippen molar-refractivity contribution in [1.82, 2.24) is 0 Å². The molecular weight excluding hydrogens is 299 g/mol. The number of hydrogen-bond donors (Lipinski definition) is 1. The van der Waals surface area contributed by atoms with Gasteiger partial charge < -0.3 is 9.52 Å². The SMILES string of the molecule is CCc1occc1C(O)Cc1cccc(F)c1Br. The lowest BCUT2D eigenvalue weighted by atomic mass is 10.0. The fraction of sp³-hybridized carbons (Fsp3) is 0.286. The summed E-state index contributed by atoms with van der Waals surface area (Å²) in [5.41, 5.74) is 1.51. The van der Waals surface area contributed by atoms with Crippen LogP contribution in [0.1, 0.15) is 29.9 Å². The van der Waals surface area contributed by atoms with Crippen LogP contribution >= 0.6 is 15.9 Å². The molecule has 2 aromatic rings. The van der Waals surface area contributed by atoms with E-state index in [9.17, 15) is 9.50 Å². The zero-order valence-electron chi connectivity index (χ0n) is 9.99. The normalized spacial score (nSPS) is 12.7. The van der Waals surface area contributed by atoms with Gasteiger partial charge in [-0.1, -0.05) is 19.1 Å². The summed E-state index contributed by atoms with van der Waals surface area (Å²) in [4.78, 5) is 0. The zero-order valence-corrected chi connectivity index (χ0v) is 11.6. The number of hydrogen-bond acceptors (Lipinski definition) is 2. The third-order valence-corrected chi connectivity index (χ3v) is 3.79. The average Bonchev–Trinajstić information content (AvgIpc) is 2.83. The highest BCUT2D eigenvalue weighted by Gasteiger charge is 2.17. The predicted octanol–water partition coefficient (Wildman–Crippen LogP) is 4.02. The van der Waals surface area contributed by atoms with Crippen LogP contribution in [-0.2, 0) is 12.8 Å². The smallest absolute Gasteiger partial charge is 0.137 e. The van der Waals surface area contributed by atoms with E-state index in [0.29, 0.717) is 10.9 Å². The molecule has 0 aliphatic heterocycles. The van der Waals surface area contributed by atoms with Crippen LogP contribution in [0.15, 0.2) is 39.4 Å². The minimum Gasteiger partial charge on any atom is -0.469 e. The summed E-state index contributed by atoms with van der Waals surface area (Å²) in [5.74, 6) is 0.456. The van der Waals surface area contributed by atoms with E-state index in [2.05, 4.69) is 15.9 Å². The second-order valence-electron chi connectivity index (χ2n) is 4.09. The van der Waals surface area contributed by atoms with Crippen molar-refractivity contribution < 1.29 is 13.9 Å². The Morgan fingerprint density at radius 2 is 2.17 bits per heavy atom. The highest BCUT2D eigenvalue weighted by atomic mass is 79.9. The maximum Gasteiger partial charge on any atom is 0.137 e. The van der Waals surface area contributed by atoms with Crippen molar-refractivity contribution in [2.75, 3.05) is 0 Å². The van der Waals surface area contributed by atoms with Crippen LogP contribution in [0, 0.1) is 5.82 Å². The number of rotatable bonds is 4. The van der Waals surface area contributed by atoms with Gasteiger partial charge in [-0.05, 0) is 33.6 Å². The second kappa shape index (κ2) is 5.67. The maximum atomic E-state index is 13.4. The fourth-order valence-electron chi connectivity index (χ4n) is 1.96. The molecule has 0 spiro atoms. The van der Waals surface area contributed by atoms with Gasteiger partial charge in [0.05, 0.1) is 16.8 Å². The molecule has 1 N–H and O–H groups in total. The summed E-state index contributed by atoms with van der Waals surface area (Å²) in [6.07, 6.45) is 1.96. The molecule has 1 unspecified atom stereocenters. The molecule has 96 valence electrons. The summed E-state index contributed by atoms with van der Waals surface area (Å²) in [5, 5.41) is 10.2. The minimum absolute atomic E-state index is 0.317. The molecule has 0 amide bonds. The van der Waals surface area contributed by atoms with Crippen LogP contribution in [0.5, 0.6) is 0 Å². The summed E-state index contributed by atoms with van der Waals surface area (Å²) in [6, 6.07) is 6.58. The molecule has 1 heterocycles. The lowest BCUT2D eigenvalue weighted by Gasteiger charge is -2.12. The van der Waals surface area contributed by atoms with E-state index in [1.165, 1.54) is 6.07 Å². The van der Waals surface area contributed by atoms with Crippen molar-refractivity contribution in [3.8, 4) is 0 Å². The van der Waals surface area contributed by atoms with Crippen LogP contribution in [0.25, 0.3) is 0 Å². The van der Waals surface area contributed by atoms with Gasteiger partial charge in [-0.3, -0.25) is 0 Å². The van der Waals surface area contributed by atoms with Crippen molar-refractivity contribution in [2.24, 2.45) is 0 Å². The van der Waals surface area contributed by atoms with Crippen LogP contribution < -0.4 is 0 Å². The molecule has 0 radical (unpaired) electrons. The molecule has 18 heavy (non-hydrogen) atoms. The Hall–Kier alpha value is -1.13. The first-order chi connectivity index (χ1) is 8.63. The molecule has 0 aliphatic rings. The highest BCUT2D eigenvalue weighted by molar-refractivity contribution is 9.10. The van der Waals surface area contributed by atoms with E-state index >= 15 is 0 Å². The topological polar surface area (TPSA) is 33.4 Å². The Balaban J connectivity index is 2.21. The monoisotopic (exact) mass is 312 g/mol. The van der Waals surface area contributed by atoms with E-state index in [4.69, 9.17) is 4.42 Å². The van der Waals surface area contributed by atoms with Gasteiger partial charge in [0, 0.05) is 18.4 Å². The van der Waals surface area contributed by atoms with E-state index < -0.39 is 6.10 Å². The van der Waals surface area contributed by atoms with Gasteiger partial charge in [0.15, 0.2) is 0 Å². The van der Waals surface area contributed by atoms with Gasteiger partial charge in [-0.15, -0.1) is 0 Å². The average molecular weight is 313 g/mol. The third-order valence-electron chi connectivity index (χ3n) is 2.90. The van der Waals surface area contributed by atoms with E-state index in [0.717, 1.165) is 23.3 Å². The van der Waals surface area contributed by atoms with Crippen LogP contribution in [-0.4, -0.2) is 5.11 Å². The summed E-state index contributed by atoms with van der Waals surface area (Å²) in [6.45, 7) is 1.97. The molecule has 4 heteroatoms. The van der Waals surface area contributed by atoms with E-state index in [1.807, 2.05) is 6.92 Å². The van der Waals surface area contributed by atoms with Crippen molar-refractivity contribution in [3.63, 3.8) is 0 Å².